The van der Waals surface area contributed by atoms with Gasteiger partial charge in [0, 0.05) is 24.7 Å². The van der Waals surface area contributed by atoms with Crippen molar-refractivity contribution < 1.29 is 0 Å². The summed E-state index contributed by atoms with van der Waals surface area (Å²) in [6.07, 6.45) is 2.12. The zero-order valence-electron chi connectivity index (χ0n) is 9.01. The van der Waals surface area contributed by atoms with Gasteiger partial charge in [-0.05, 0) is 43.4 Å². The molecular formula is C11H17NS. The molecule has 0 N–H and O–H groups in total. The highest BCUT2D eigenvalue weighted by atomic mass is 32.2. The second-order valence-electron chi connectivity index (χ2n) is 3.50. The van der Waals surface area contributed by atoms with Crippen LogP contribution in [-0.4, -0.2) is 20.4 Å². The van der Waals surface area contributed by atoms with E-state index in [9.17, 15) is 0 Å². The highest BCUT2D eigenvalue weighted by Gasteiger charge is 2.04. The molecule has 1 aromatic rings. The number of aryl methyl sites for hydroxylation is 2. The van der Waals surface area contributed by atoms with Crippen LogP contribution in [0.25, 0.3) is 0 Å². The zero-order chi connectivity index (χ0) is 10.0. The number of thioether (sulfide) groups is 1. The maximum atomic E-state index is 2.26. The van der Waals surface area contributed by atoms with Crippen LogP contribution in [0.3, 0.4) is 0 Å². The quantitative estimate of drug-likeness (QED) is 0.667. The van der Waals surface area contributed by atoms with Crippen molar-refractivity contribution in [2.45, 2.75) is 18.7 Å². The lowest BCUT2D eigenvalue weighted by Crippen LogP contribution is -2.10. The average molecular weight is 195 g/mol. The minimum Gasteiger partial charge on any atom is -0.377 e. The Morgan fingerprint density at radius 3 is 2.15 bits per heavy atom. The molecule has 1 aromatic carbocycles. The van der Waals surface area contributed by atoms with Crippen LogP contribution in [0.5, 0.6) is 0 Å². The SMILES string of the molecule is CSc1cc(C)c(N(C)C)cc1C. The van der Waals surface area contributed by atoms with Crippen LogP contribution in [0, 0.1) is 13.8 Å². The molecule has 1 rings (SSSR count). The molecule has 0 amide bonds. The first kappa shape index (κ1) is 10.5. The van der Waals surface area contributed by atoms with E-state index in [4.69, 9.17) is 0 Å². The van der Waals surface area contributed by atoms with E-state index in [0.29, 0.717) is 0 Å². The maximum absolute atomic E-state index is 2.26. The molecule has 1 nitrogen and oxygen atoms in total. The third kappa shape index (κ3) is 2.19. The van der Waals surface area contributed by atoms with Gasteiger partial charge in [-0.25, -0.2) is 0 Å². The number of rotatable bonds is 2. The largest absolute Gasteiger partial charge is 0.377 e. The fourth-order valence-corrected chi connectivity index (χ4v) is 2.15. The maximum Gasteiger partial charge on any atom is 0.0394 e. The fraction of sp³-hybridized carbons (Fsp3) is 0.455. The third-order valence-corrected chi connectivity index (χ3v) is 3.07. The van der Waals surface area contributed by atoms with Gasteiger partial charge in [0.15, 0.2) is 0 Å². The van der Waals surface area contributed by atoms with Crippen molar-refractivity contribution in [2.24, 2.45) is 0 Å². The fourth-order valence-electron chi connectivity index (χ4n) is 1.48. The number of hydrogen-bond donors (Lipinski definition) is 0. The summed E-state index contributed by atoms with van der Waals surface area (Å²) in [7, 11) is 4.17. The van der Waals surface area contributed by atoms with Crippen LogP contribution in [0.2, 0.25) is 0 Å². The van der Waals surface area contributed by atoms with Crippen LogP contribution in [0.4, 0.5) is 5.69 Å². The molecule has 0 saturated heterocycles. The van der Waals surface area contributed by atoms with E-state index in [1.807, 2.05) is 11.8 Å². The molecule has 0 saturated carbocycles. The monoisotopic (exact) mass is 195 g/mol. The van der Waals surface area contributed by atoms with E-state index in [0.717, 1.165) is 0 Å². The van der Waals surface area contributed by atoms with Crippen molar-refractivity contribution in [2.75, 3.05) is 25.3 Å². The van der Waals surface area contributed by atoms with Crippen molar-refractivity contribution in [1.29, 1.82) is 0 Å². The van der Waals surface area contributed by atoms with Crippen LogP contribution in [0.1, 0.15) is 11.1 Å². The van der Waals surface area contributed by atoms with Gasteiger partial charge < -0.3 is 4.90 Å². The Hall–Kier alpha value is -0.630. The summed E-state index contributed by atoms with van der Waals surface area (Å²) in [5, 5.41) is 0. The molecule has 0 atom stereocenters. The number of hydrogen-bond acceptors (Lipinski definition) is 2. The molecule has 0 radical (unpaired) electrons. The molecule has 0 heterocycles. The minimum absolute atomic E-state index is 1.32. The summed E-state index contributed by atoms with van der Waals surface area (Å²) in [5.41, 5.74) is 4.03. The molecule has 0 aliphatic carbocycles. The summed E-state index contributed by atoms with van der Waals surface area (Å²) in [6.45, 7) is 4.33. The molecule has 0 aliphatic heterocycles. The van der Waals surface area contributed by atoms with Gasteiger partial charge in [0.2, 0.25) is 0 Å². The smallest absolute Gasteiger partial charge is 0.0394 e. The van der Waals surface area contributed by atoms with Gasteiger partial charge in [0.05, 0.1) is 0 Å². The summed E-state index contributed by atoms with van der Waals surface area (Å²) >= 11 is 1.81. The van der Waals surface area contributed by atoms with Crippen LogP contribution in [0.15, 0.2) is 17.0 Å². The van der Waals surface area contributed by atoms with Crippen molar-refractivity contribution in [3.8, 4) is 0 Å². The number of benzene rings is 1. The van der Waals surface area contributed by atoms with Gasteiger partial charge in [-0.1, -0.05) is 0 Å². The first-order valence-electron chi connectivity index (χ1n) is 4.39. The average Bonchev–Trinajstić information content (AvgIpc) is 2.07. The highest BCUT2D eigenvalue weighted by Crippen LogP contribution is 2.27. The van der Waals surface area contributed by atoms with Gasteiger partial charge in [0.1, 0.15) is 0 Å². The molecule has 0 spiro atoms. The molecular weight excluding hydrogens is 178 g/mol. The molecule has 0 bridgehead atoms. The van der Waals surface area contributed by atoms with Gasteiger partial charge >= 0.3 is 0 Å². The van der Waals surface area contributed by atoms with Gasteiger partial charge in [0.25, 0.3) is 0 Å². The molecule has 0 aromatic heterocycles. The Labute approximate surface area is 85.1 Å². The molecule has 0 aliphatic rings. The van der Waals surface area contributed by atoms with E-state index < -0.39 is 0 Å². The second-order valence-corrected chi connectivity index (χ2v) is 4.35. The van der Waals surface area contributed by atoms with Crippen LogP contribution < -0.4 is 4.90 Å². The Bertz CT molecular complexity index is 305. The Kier molecular flexibility index (Phi) is 3.26. The third-order valence-electron chi connectivity index (χ3n) is 2.20. The van der Waals surface area contributed by atoms with E-state index in [1.54, 1.807) is 0 Å². The van der Waals surface area contributed by atoms with E-state index in [2.05, 4.69) is 51.2 Å². The standard InChI is InChI=1S/C11H17NS/c1-8-7-11(13-5)9(2)6-10(8)12(3)4/h6-7H,1-5H3. The van der Waals surface area contributed by atoms with Crippen molar-refractivity contribution in [3.05, 3.63) is 23.3 Å². The minimum atomic E-state index is 1.32. The molecule has 0 unspecified atom stereocenters. The number of nitrogens with zero attached hydrogens (tertiary/aromatic N) is 1. The predicted octanol–water partition coefficient (Wildman–Crippen LogP) is 3.09. The zero-order valence-corrected chi connectivity index (χ0v) is 9.83. The second kappa shape index (κ2) is 4.05. The first-order valence-corrected chi connectivity index (χ1v) is 5.61. The van der Waals surface area contributed by atoms with Crippen LogP contribution >= 0.6 is 11.8 Å². The predicted molar refractivity (Wildman–Crippen MR) is 62.0 cm³/mol. The summed E-state index contributed by atoms with van der Waals surface area (Å²) < 4.78 is 0. The van der Waals surface area contributed by atoms with Gasteiger partial charge in [-0.3, -0.25) is 0 Å². The lowest BCUT2D eigenvalue weighted by molar-refractivity contribution is 1.09. The summed E-state index contributed by atoms with van der Waals surface area (Å²) in [5.74, 6) is 0. The molecule has 2 heteroatoms. The van der Waals surface area contributed by atoms with E-state index in [-0.39, 0.29) is 0 Å². The van der Waals surface area contributed by atoms with Crippen molar-refractivity contribution in [3.63, 3.8) is 0 Å². The van der Waals surface area contributed by atoms with Crippen molar-refractivity contribution in [1.82, 2.24) is 0 Å². The number of anilines is 1. The summed E-state index contributed by atoms with van der Waals surface area (Å²) in [6, 6.07) is 4.51. The van der Waals surface area contributed by atoms with E-state index in [1.165, 1.54) is 21.7 Å². The van der Waals surface area contributed by atoms with Gasteiger partial charge in [-0.15, -0.1) is 11.8 Å². The lowest BCUT2D eigenvalue weighted by Gasteiger charge is -2.17. The first-order chi connectivity index (χ1) is 6.06. The lowest BCUT2D eigenvalue weighted by atomic mass is 10.1. The highest BCUT2D eigenvalue weighted by molar-refractivity contribution is 7.98. The normalized spacial score (nSPS) is 10.2. The summed E-state index contributed by atoms with van der Waals surface area (Å²) in [4.78, 5) is 3.54. The molecule has 72 valence electrons. The van der Waals surface area contributed by atoms with E-state index >= 15 is 0 Å². The molecule has 0 fully saturated rings. The van der Waals surface area contributed by atoms with Gasteiger partial charge in [-0.2, -0.15) is 0 Å². The topological polar surface area (TPSA) is 3.24 Å². The molecule has 13 heavy (non-hydrogen) atoms. The Morgan fingerprint density at radius 2 is 1.69 bits per heavy atom. The van der Waals surface area contributed by atoms with Crippen molar-refractivity contribution >= 4 is 17.4 Å². The Balaban J connectivity index is 3.20. The van der Waals surface area contributed by atoms with Crippen LogP contribution in [-0.2, 0) is 0 Å². The Morgan fingerprint density at radius 1 is 1.08 bits per heavy atom.